The molecule has 0 spiro atoms. The van der Waals surface area contributed by atoms with E-state index in [0.29, 0.717) is 4.47 Å². The number of nitrogens with zero attached hydrogens (tertiary/aromatic N) is 3. The number of hydrogen-bond acceptors (Lipinski definition) is 6. The fourth-order valence-electron chi connectivity index (χ4n) is 1.34. The summed E-state index contributed by atoms with van der Waals surface area (Å²) < 4.78 is 5.87. The Kier molecular flexibility index (Phi) is 3.89. The van der Waals surface area contributed by atoms with Gasteiger partial charge in [-0.05, 0) is 6.07 Å². The van der Waals surface area contributed by atoms with Crippen molar-refractivity contribution in [1.82, 2.24) is 9.97 Å². The van der Waals surface area contributed by atoms with Crippen LogP contribution in [0.2, 0.25) is 0 Å². The largest absolute Gasteiger partial charge is 0.437 e. The van der Waals surface area contributed by atoms with Crippen molar-refractivity contribution >= 4 is 27.5 Å². The molecule has 1 heterocycles. The van der Waals surface area contributed by atoms with Crippen LogP contribution in [0.4, 0.5) is 5.69 Å². The second kappa shape index (κ2) is 5.61. The summed E-state index contributed by atoms with van der Waals surface area (Å²) in [6, 6.07) is 4.19. The molecule has 1 aromatic heterocycles. The Hall–Kier alpha value is -2.55. The quantitative estimate of drug-likeness (QED) is 0.381. The van der Waals surface area contributed by atoms with Crippen LogP contribution in [0.5, 0.6) is 11.6 Å². The van der Waals surface area contributed by atoms with Gasteiger partial charge in [-0.1, -0.05) is 15.9 Å². The highest BCUT2D eigenvalue weighted by atomic mass is 79.9. The minimum absolute atomic E-state index is 0.109. The first-order chi connectivity index (χ1) is 9.45. The Morgan fingerprint density at radius 1 is 1.35 bits per heavy atom. The van der Waals surface area contributed by atoms with Gasteiger partial charge in [0, 0.05) is 10.5 Å². The summed E-state index contributed by atoms with van der Waals surface area (Å²) in [7, 11) is 0. The Labute approximate surface area is 121 Å². The molecule has 0 fully saturated rings. The standard InChI is InChI=1S/C11H8BrN5O3/c12-6-1-7(17(18)19)3-8(2-6)20-10-5-15-9(4-16-10)11(13)14/h1-5H,(H3,13,14). The van der Waals surface area contributed by atoms with Gasteiger partial charge in [-0.25, -0.2) is 9.97 Å². The number of aromatic nitrogens is 2. The lowest BCUT2D eigenvalue weighted by Crippen LogP contribution is -2.13. The number of ether oxygens (including phenoxy) is 1. The molecule has 0 amide bonds. The lowest BCUT2D eigenvalue weighted by molar-refractivity contribution is -0.385. The highest BCUT2D eigenvalue weighted by Crippen LogP contribution is 2.28. The van der Waals surface area contributed by atoms with Gasteiger partial charge < -0.3 is 10.5 Å². The maximum absolute atomic E-state index is 10.7. The number of nitro groups is 1. The number of benzene rings is 1. The smallest absolute Gasteiger partial charge is 0.274 e. The normalized spacial score (nSPS) is 10.1. The van der Waals surface area contributed by atoms with E-state index in [4.69, 9.17) is 15.9 Å². The SMILES string of the molecule is N=C(N)c1cnc(Oc2cc(Br)cc([N+](=O)[O-])c2)cn1. The van der Waals surface area contributed by atoms with Crippen LogP contribution in [0, 0.1) is 15.5 Å². The molecule has 3 N–H and O–H groups in total. The summed E-state index contributed by atoms with van der Waals surface area (Å²) >= 11 is 3.16. The van der Waals surface area contributed by atoms with E-state index in [9.17, 15) is 10.1 Å². The molecule has 0 saturated carbocycles. The van der Waals surface area contributed by atoms with Gasteiger partial charge in [-0.2, -0.15) is 0 Å². The Morgan fingerprint density at radius 3 is 2.65 bits per heavy atom. The third-order valence-corrected chi connectivity index (χ3v) is 2.65. The van der Waals surface area contributed by atoms with Gasteiger partial charge in [-0.3, -0.25) is 15.5 Å². The van der Waals surface area contributed by atoms with Crippen LogP contribution in [0.3, 0.4) is 0 Å². The maximum atomic E-state index is 10.7. The summed E-state index contributed by atoms with van der Waals surface area (Å²) in [5.74, 6) is 0.181. The van der Waals surface area contributed by atoms with Crippen molar-refractivity contribution in [3.8, 4) is 11.6 Å². The van der Waals surface area contributed by atoms with E-state index < -0.39 is 4.92 Å². The Bertz CT molecular complexity index is 674. The number of rotatable bonds is 4. The van der Waals surface area contributed by atoms with E-state index in [1.165, 1.54) is 24.5 Å². The Balaban J connectivity index is 2.25. The number of halogens is 1. The van der Waals surface area contributed by atoms with E-state index in [1.54, 1.807) is 6.07 Å². The number of amidine groups is 1. The summed E-state index contributed by atoms with van der Waals surface area (Å²) in [6.45, 7) is 0. The molecule has 0 saturated heterocycles. The molecular weight excluding hydrogens is 330 g/mol. The van der Waals surface area contributed by atoms with Crippen LogP contribution >= 0.6 is 15.9 Å². The number of nitrogen functional groups attached to an aromatic ring is 1. The molecule has 1 aromatic carbocycles. The third-order valence-electron chi connectivity index (χ3n) is 2.19. The summed E-state index contributed by atoms with van der Waals surface area (Å²) in [5, 5.41) is 17.9. The van der Waals surface area contributed by atoms with E-state index in [0.717, 1.165) is 0 Å². The van der Waals surface area contributed by atoms with Crippen LogP contribution < -0.4 is 10.5 Å². The molecule has 8 nitrogen and oxygen atoms in total. The van der Waals surface area contributed by atoms with E-state index in [1.807, 2.05) is 0 Å². The molecule has 0 bridgehead atoms. The number of non-ortho nitro benzene ring substituents is 1. The van der Waals surface area contributed by atoms with Crippen LogP contribution in [-0.4, -0.2) is 20.7 Å². The fraction of sp³-hybridized carbons (Fsp3) is 0. The van der Waals surface area contributed by atoms with Gasteiger partial charge in [0.2, 0.25) is 5.88 Å². The lowest BCUT2D eigenvalue weighted by Gasteiger charge is -2.05. The molecule has 20 heavy (non-hydrogen) atoms. The zero-order chi connectivity index (χ0) is 14.7. The second-order valence-corrected chi connectivity index (χ2v) is 4.57. The first-order valence-corrected chi connectivity index (χ1v) is 6.04. The van der Waals surface area contributed by atoms with Gasteiger partial charge in [0.1, 0.15) is 17.3 Å². The minimum Gasteiger partial charge on any atom is -0.437 e. The van der Waals surface area contributed by atoms with Crippen molar-refractivity contribution in [1.29, 1.82) is 5.41 Å². The van der Waals surface area contributed by atoms with Crippen molar-refractivity contribution in [3.05, 3.63) is 50.9 Å². The Morgan fingerprint density at radius 2 is 2.10 bits per heavy atom. The number of nitro benzene ring substituents is 1. The minimum atomic E-state index is -0.526. The van der Waals surface area contributed by atoms with Crippen LogP contribution in [-0.2, 0) is 0 Å². The topological polar surface area (TPSA) is 128 Å². The number of nitrogens with two attached hydrogens (primary N) is 1. The van der Waals surface area contributed by atoms with Crippen LogP contribution in [0.15, 0.2) is 35.1 Å². The average molecular weight is 338 g/mol. The zero-order valence-corrected chi connectivity index (χ0v) is 11.5. The molecule has 2 aromatic rings. The van der Waals surface area contributed by atoms with Gasteiger partial charge in [-0.15, -0.1) is 0 Å². The molecule has 0 aliphatic carbocycles. The molecule has 2 rings (SSSR count). The van der Waals surface area contributed by atoms with Gasteiger partial charge in [0.25, 0.3) is 5.69 Å². The van der Waals surface area contributed by atoms with Crippen molar-refractivity contribution in [2.75, 3.05) is 0 Å². The first kappa shape index (κ1) is 13.9. The van der Waals surface area contributed by atoms with Crippen molar-refractivity contribution in [2.24, 2.45) is 5.73 Å². The second-order valence-electron chi connectivity index (χ2n) is 3.66. The predicted octanol–water partition coefficient (Wildman–Crippen LogP) is 2.22. The number of hydrogen-bond donors (Lipinski definition) is 2. The molecule has 0 radical (unpaired) electrons. The van der Waals surface area contributed by atoms with Gasteiger partial charge >= 0.3 is 0 Å². The van der Waals surface area contributed by atoms with Gasteiger partial charge in [0.15, 0.2) is 0 Å². The average Bonchev–Trinajstić information content (AvgIpc) is 2.38. The first-order valence-electron chi connectivity index (χ1n) is 5.25. The third kappa shape index (κ3) is 3.26. The highest BCUT2D eigenvalue weighted by molar-refractivity contribution is 9.10. The van der Waals surface area contributed by atoms with Crippen LogP contribution in [0.25, 0.3) is 0 Å². The van der Waals surface area contributed by atoms with Gasteiger partial charge in [0.05, 0.1) is 23.4 Å². The maximum Gasteiger partial charge on any atom is 0.274 e. The zero-order valence-electron chi connectivity index (χ0n) is 9.91. The van der Waals surface area contributed by atoms with E-state index in [-0.39, 0.29) is 28.8 Å². The van der Waals surface area contributed by atoms with E-state index in [2.05, 4.69) is 25.9 Å². The molecule has 0 aliphatic rings. The molecular formula is C11H8BrN5O3. The summed E-state index contributed by atoms with van der Waals surface area (Å²) in [4.78, 5) is 18.0. The predicted molar refractivity (Wildman–Crippen MR) is 73.9 cm³/mol. The summed E-state index contributed by atoms with van der Waals surface area (Å²) in [6.07, 6.45) is 2.56. The monoisotopic (exact) mass is 337 g/mol. The fourth-order valence-corrected chi connectivity index (χ4v) is 1.80. The number of nitrogens with one attached hydrogen (secondary N) is 1. The van der Waals surface area contributed by atoms with Crippen molar-refractivity contribution < 1.29 is 9.66 Å². The molecule has 0 unspecified atom stereocenters. The van der Waals surface area contributed by atoms with Crippen molar-refractivity contribution in [3.63, 3.8) is 0 Å². The van der Waals surface area contributed by atoms with Crippen LogP contribution in [0.1, 0.15) is 5.69 Å². The van der Waals surface area contributed by atoms with E-state index >= 15 is 0 Å². The molecule has 0 atom stereocenters. The summed E-state index contributed by atoms with van der Waals surface area (Å²) in [5.41, 5.74) is 5.36. The highest BCUT2D eigenvalue weighted by Gasteiger charge is 2.11. The molecule has 102 valence electrons. The van der Waals surface area contributed by atoms with Crippen molar-refractivity contribution in [2.45, 2.75) is 0 Å². The lowest BCUT2D eigenvalue weighted by atomic mass is 10.3. The molecule has 9 heteroatoms. The molecule has 0 aliphatic heterocycles.